The molecule has 0 unspecified atom stereocenters. The fraction of sp³-hybridized carbons (Fsp3) is 0.182. The van der Waals surface area contributed by atoms with Crippen molar-refractivity contribution in [2.45, 2.75) is 12.8 Å². The van der Waals surface area contributed by atoms with E-state index in [-0.39, 0.29) is 18.0 Å². The van der Waals surface area contributed by atoms with Gasteiger partial charge in [-0.15, -0.1) is 12.3 Å². The van der Waals surface area contributed by atoms with Gasteiger partial charge in [0.2, 0.25) is 5.91 Å². The van der Waals surface area contributed by atoms with E-state index >= 15 is 0 Å². The Kier molecular flexibility index (Phi) is 4.04. The zero-order valence-electron chi connectivity index (χ0n) is 8.47. The summed E-state index contributed by atoms with van der Waals surface area (Å²) in [6.07, 6.45) is 5.57. The summed E-state index contributed by atoms with van der Waals surface area (Å²) < 4.78 is 0. The topological polar surface area (TPSA) is 72.2 Å². The highest BCUT2D eigenvalue weighted by Gasteiger charge is 2.07. The molecule has 1 N–H and O–H groups in total. The molecular weight excluding hydrogens is 208 g/mol. The highest BCUT2D eigenvalue weighted by molar-refractivity contribution is 5.91. The third kappa shape index (κ3) is 3.42. The summed E-state index contributed by atoms with van der Waals surface area (Å²) in [5, 5.41) is 13.0. The highest BCUT2D eigenvalue weighted by Crippen LogP contribution is 2.17. The Morgan fingerprint density at radius 1 is 1.56 bits per heavy atom. The van der Waals surface area contributed by atoms with E-state index in [1.807, 2.05) is 0 Å². The van der Waals surface area contributed by atoms with Crippen LogP contribution in [0, 0.1) is 22.5 Å². The third-order valence-electron chi connectivity index (χ3n) is 1.84. The summed E-state index contributed by atoms with van der Waals surface area (Å²) in [6, 6.07) is 5.75. The SMILES string of the molecule is C#CCCC(=O)Nc1cccc([N+](=O)[O-])c1. The molecule has 0 bridgehead atoms. The standard InChI is InChI=1S/C11H10N2O3/c1-2-3-7-11(14)12-9-5-4-6-10(8-9)13(15)16/h1,4-6,8H,3,7H2,(H,12,14). The highest BCUT2D eigenvalue weighted by atomic mass is 16.6. The van der Waals surface area contributed by atoms with E-state index in [1.54, 1.807) is 6.07 Å². The summed E-state index contributed by atoms with van der Waals surface area (Å²) in [5.74, 6) is 2.09. The molecule has 5 nitrogen and oxygen atoms in total. The number of nitro benzene ring substituents is 1. The maximum absolute atomic E-state index is 11.3. The van der Waals surface area contributed by atoms with Crippen LogP contribution in [0.5, 0.6) is 0 Å². The van der Waals surface area contributed by atoms with Gasteiger partial charge in [0.15, 0.2) is 0 Å². The van der Waals surface area contributed by atoms with Crippen LogP contribution in [0.2, 0.25) is 0 Å². The number of hydrogen-bond donors (Lipinski definition) is 1. The number of nitro groups is 1. The van der Waals surface area contributed by atoms with Crippen LogP contribution in [0.15, 0.2) is 24.3 Å². The van der Waals surface area contributed by atoms with E-state index in [1.165, 1.54) is 18.2 Å². The number of carbonyl (C=O) groups is 1. The number of terminal acetylenes is 1. The Balaban J connectivity index is 2.67. The lowest BCUT2D eigenvalue weighted by molar-refractivity contribution is -0.384. The van der Waals surface area contributed by atoms with Gasteiger partial charge in [-0.1, -0.05) is 6.07 Å². The van der Waals surface area contributed by atoms with Crippen molar-refractivity contribution in [2.75, 3.05) is 5.32 Å². The molecule has 0 saturated carbocycles. The monoisotopic (exact) mass is 218 g/mol. The number of rotatable bonds is 4. The first-order valence-electron chi connectivity index (χ1n) is 4.61. The van der Waals surface area contributed by atoms with Crippen molar-refractivity contribution in [3.63, 3.8) is 0 Å². The minimum absolute atomic E-state index is 0.0604. The van der Waals surface area contributed by atoms with Gasteiger partial charge in [-0.25, -0.2) is 0 Å². The predicted molar refractivity (Wildman–Crippen MR) is 59.8 cm³/mol. The van der Waals surface area contributed by atoms with Crippen molar-refractivity contribution in [2.24, 2.45) is 0 Å². The second kappa shape index (κ2) is 5.51. The van der Waals surface area contributed by atoms with Crippen molar-refractivity contribution in [1.29, 1.82) is 0 Å². The molecule has 0 aliphatic carbocycles. The minimum Gasteiger partial charge on any atom is -0.326 e. The second-order valence-electron chi connectivity index (χ2n) is 3.06. The lowest BCUT2D eigenvalue weighted by atomic mass is 10.2. The molecule has 1 aromatic rings. The molecular formula is C11H10N2O3. The molecule has 82 valence electrons. The Morgan fingerprint density at radius 3 is 2.94 bits per heavy atom. The van der Waals surface area contributed by atoms with Crippen molar-refractivity contribution in [3.8, 4) is 12.3 Å². The molecule has 0 fully saturated rings. The molecule has 0 aliphatic heterocycles. The van der Waals surface area contributed by atoms with Gasteiger partial charge in [-0.3, -0.25) is 14.9 Å². The lowest BCUT2D eigenvalue weighted by Crippen LogP contribution is -2.10. The molecule has 0 saturated heterocycles. The zero-order valence-corrected chi connectivity index (χ0v) is 8.47. The number of anilines is 1. The van der Waals surface area contributed by atoms with Crippen LogP contribution < -0.4 is 5.32 Å². The maximum Gasteiger partial charge on any atom is 0.271 e. The van der Waals surface area contributed by atoms with Gasteiger partial charge in [0.05, 0.1) is 4.92 Å². The average Bonchev–Trinajstić information content (AvgIpc) is 2.26. The van der Waals surface area contributed by atoms with Gasteiger partial charge in [0.25, 0.3) is 5.69 Å². The van der Waals surface area contributed by atoms with Crippen LogP contribution >= 0.6 is 0 Å². The molecule has 1 rings (SSSR count). The van der Waals surface area contributed by atoms with Gasteiger partial charge in [-0.05, 0) is 6.07 Å². The molecule has 1 amide bonds. The third-order valence-corrected chi connectivity index (χ3v) is 1.84. The first-order chi connectivity index (χ1) is 7.63. The van der Waals surface area contributed by atoms with E-state index in [9.17, 15) is 14.9 Å². The summed E-state index contributed by atoms with van der Waals surface area (Å²) in [7, 11) is 0. The van der Waals surface area contributed by atoms with Crippen molar-refractivity contribution in [3.05, 3.63) is 34.4 Å². The van der Waals surface area contributed by atoms with Crippen molar-refractivity contribution in [1.82, 2.24) is 0 Å². The van der Waals surface area contributed by atoms with Gasteiger partial charge >= 0.3 is 0 Å². The van der Waals surface area contributed by atoms with Crippen LogP contribution in [0.3, 0.4) is 0 Å². The van der Waals surface area contributed by atoms with E-state index in [4.69, 9.17) is 6.42 Å². The molecule has 0 atom stereocenters. The van der Waals surface area contributed by atoms with Gasteiger partial charge in [0.1, 0.15) is 0 Å². The van der Waals surface area contributed by atoms with Gasteiger partial charge in [0, 0.05) is 30.7 Å². The van der Waals surface area contributed by atoms with Gasteiger partial charge in [-0.2, -0.15) is 0 Å². The number of nitrogens with zero attached hydrogens (tertiary/aromatic N) is 1. The quantitative estimate of drug-likeness (QED) is 0.477. The number of non-ortho nitro benzene ring substituents is 1. The first kappa shape index (κ1) is 11.7. The fourth-order valence-corrected chi connectivity index (χ4v) is 1.11. The molecule has 0 aromatic heterocycles. The van der Waals surface area contributed by atoms with Crippen molar-refractivity contribution < 1.29 is 9.72 Å². The first-order valence-corrected chi connectivity index (χ1v) is 4.61. The number of amides is 1. The maximum atomic E-state index is 11.3. The fourth-order valence-electron chi connectivity index (χ4n) is 1.11. The second-order valence-corrected chi connectivity index (χ2v) is 3.06. The van der Waals surface area contributed by atoms with E-state index in [0.717, 1.165) is 0 Å². The number of hydrogen-bond acceptors (Lipinski definition) is 3. The van der Waals surface area contributed by atoms with Crippen molar-refractivity contribution >= 4 is 17.3 Å². The summed E-state index contributed by atoms with van der Waals surface area (Å²) in [5.41, 5.74) is 0.339. The molecule has 1 aromatic carbocycles. The molecule has 5 heteroatoms. The van der Waals surface area contributed by atoms with Gasteiger partial charge < -0.3 is 5.32 Å². The van der Waals surface area contributed by atoms with E-state index in [0.29, 0.717) is 12.1 Å². The largest absolute Gasteiger partial charge is 0.326 e. The van der Waals surface area contributed by atoms with Crippen LogP contribution in [0.1, 0.15) is 12.8 Å². The molecule has 0 heterocycles. The average molecular weight is 218 g/mol. The smallest absolute Gasteiger partial charge is 0.271 e. The van der Waals surface area contributed by atoms with Crippen LogP contribution in [0.25, 0.3) is 0 Å². The normalized spacial score (nSPS) is 9.19. The zero-order chi connectivity index (χ0) is 12.0. The Morgan fingerprint density at radius 2 is 2.31 bits per heavy atom. The summed E-state index contributed by atoms with van der Waals surface area (Å²) in [6.45, 7) is 0. The Bertz CT molecular complexity index is 449. The van der Waals surface area contributed by atoms with Crippen LogP contribution in [0.4, 0.5) is 11.4 Å². The summed E-state index contributed by atoms with van der Waals surface area (Å²) >= 11 is 0. The lowest BCUT2D eigenvalue weighted by Gasteiger charge is -2.03. The van der Waals surface area contributed by atoms with Crippen LogP contribution in [-0.4, -0.2) is 10.8 Å². The molecule has 16 heavy (non-hydrogen) atoms. The number of nitrogens with one attached hydrogen (secondary N) is 1. The predicted octanol–water partition coefficient (Wildman–Crippen LogP) is 1.95. The number of carbonyl (C=O) groups excluding carboxylic acids is 1. The minimum atomic E-state index is -0.517. The number of benzene rings is 1. The molecule has 0 spiro atoms. The van der Waals surface area contributed by atoms with E-state index in [2.05, 4.69) is 11.2 Å². The molecule has 0 aliphatic rings. The Labute approximate surface area is 92.6 Å². The summed E-state index contributed by atoms with van der Waals surface area (Å²) in [4.78, 5) is 21.2. The molecule has 0 radical (unpaired) electrons. The van der Waals surface area contributed by atoms with Crippen LogP contribution in [-0.2, 0) is 4.79 Å². The Hall–Kier alpha value is -2.35. The van der Waals surface area contributed by atoms with E-state index < -0.39 is 4.92 Å².